The number of nitrogens with one attached hydrogen (secondary N) is 1. The van der Waals surface area contributed by atoms with E-state index in [1.165, 1.54) is 6.07 Å². The number of hydrogen-bond acceptors (Lipinski definition) is 2. The summed E-state index contributed by atoms with van der Waals surface area (Å²) in [7, 11) is 0. The number of anilines is 1. The molecular weight excluding hydrogens is 216 g/mol. The van der Waals surface area contributed by atoms with Crippen LogP contribution in [0.1, 0.15) is 13.3 Å². The molecule has 1 rings (SSSR count). The van der Waals surface area contributed by atoms with Crippen molar-refractivity contribution in [2.24, 2.45) is 5.92 Å². The van der Waals surface area contributed by atoms with Crippen LogP contribution in [0.2, 0.25) is 0 Å². The van der Waals surface area contributed by atoms with Crippen LogP contribution in [0, 0.1) is 17.6 Å². The molecule has 0 bridgehead atoms. The molecule has 2 N–H and O–H groups in total. The van der Waals surface area contributed by atoms with Crippen LogP contribution in [-0.4, -0.2) is 17.6 Å². The average Bonchev–Trinajstić information content (AvgIpc) is 2.23. The first-order chi connectivity index (χ1) is 7.50. The monoisotopic (exact) mass is 229 g/mol. The van der Waals surface area contributed by atoms with Crippen LogP contribution in [0.3, 0.4) is 0 Å². The zero-order valence-electron chi connectivity index (χ0n) is 8.84. The van der Waals surface area contributed by atoms with Crippen LogP contribution in [0.4, 0.5) is 14.5 Å². The second kappa shape index (κ2) is 5.44. The van der Waals surface area contributed by atoms with Gasteiger partial charge in [-0.05, 0) is 24.6 Å². The van der Waals surface area contributed by atoms with Crippen molar-refractivity contribution < 1.29 is 18.7 Å². The van der Waals surface area contributed by atoms with Gasteiger partial charge < -0.3 is 10.4 Å². The van der Waals surface area contributed by atoms with E-state index in [1.54, 1.807) is 6.92 Å². The predicted molar refractivity (Wildman–Crippen MR) is 56.3 cm³/mol. The lowest BCUT2D eigenvalue weighted by Gasteiger charge is -2.08. The lowest BCUT2D eigenvalue weighted by molar-refractivity contribution is -0.141. The van der Waals surface area contributed by atoms with Crippen molar-refractivity contribution in [3.63, 3.8) is 0 Å². The Morgan fingerprint density at radius 3 is 2.69 bits per heavy atom. The quantitative estimate of drug-likeness (QED) is 0.815. The first-order valence-corrected chi connectivity index (χ1v) is 4.92. The Balaban J connectivity index is 2.43. The van der Waals surface area contributed by atoms with Gasteiger partial charge in [0.15, 0.2) is 11.6 Å². The summed E-state index contributed by atoms with van der Waals surface area (Å²) >= 11 is 0. The zero-order valence-corrected chi connectivity index (χ0v) is 8.84. The molecule has 1 aromatic carbocycles. The SMILES string of the molecule is CC(CCNc1ccc(F)c(F)c1)C(=O)O. The Labute approximate surface area is 92.1 Å². The number of benzene rings is 1. The summed E-state index contributed by atoms with van der Waals surface area (Å²) in [6.07, 6.45) is 0.425. The Morgan fingerprint density at radius 2 is 2.12 bits per heavy atom. The fourth-order valence-electron chi connectivity index (χ4n) is 1.16. The first-order valence-electron chi connectivity index (χ1n) is 4.92. The largest absolute Gasteiger partial charge is 0.481 e. The number of halogens is 2. The zero-order chi connectivity index (χ0) is 12.1. The predicted octanol–water partition coefficient (Wildman–Crippen LogP) is 2.49. The fraction of sp³-hybridized carbons (Fsp3) is 0.364. The molecule has 16 heavy (non-hydrogen) atoms. The molecule has 88 valence electrons. The van der Waals surface area contributed by atoms with Crippen molar-refractivity contribution in [3.8, 4) is 0 Å². The Kier molecular flexibility index (Phi) is 4.22. The summed E-state index contributed by atoms with van der Waals surface area (Å²) in [5.41, 5.74) is 0.441. The van der Waals surface area contributed by atoms with Crippen LogP contribution >= 0.6 is 0 Å². The summed E-state index contributed by atoms with van der Waals surface area (Å²) in [4.78, 5) is 10.5. The third-order valence-electron chi connectivity index (χ3n) is 2.25. The third-order valence-corrected chi connectivity index (χ3v) is 2.25. The topological polar surface area (TPSA) is 49.3 Å². The van der Waals surface area contributed by atoms with Gasteiger partial charge in [0.1, 0.15) is 0 Å². The fourth-order valence-corrected chi connectivity index (χ4v) is 1.16. The standard InChI is InChI=1S/C11H13F2NO2/c1-7(11(15)16)4-5-14-8-2-3-9(12)10(13)6-8/h2-3,6-7,14H,4-5H2,1H3,(H,15,16). The molecule has 0 aliphatic heterocycles. The number of carboxylic acid groups (broad SMARTS) is 1. The van der Waals surface area contributed by atoms with Crippen molar-refractivity contribution in [2.45, 2.75) is 13.3 Å². The molecule has 0 aliphatic carbocycles. The van der Waals surface area contributed by atoms with Gasteiger partial charge in [-0.3, -0.25) is 4.79 Å². The molecule has 0 saturated heterocycles. The van der Waals surface area contributed by atoms with Crippen LogP contribution < -0.4 is 5.32 Å². The van der Waals surface area contributed by atoms with Gasteiger partial charge in [0, 0.05) is 12.2 Å². The highest BCUT2D eigenvalue weighted by molar-refractivity contribution is 5.69. The molecule has 1 unspecified atom stereocenters. The molecular formula is C11H13F2NO2. The van der Waals surface area contributed by atoms with Crippen LogP contribution in [0.15, 0.2) is 18.2 Å². The van der Waals surface area contributed by atoms with Crippen molar-refractivity contribution in [3.05, 3.63) is 29.8 Å². The number of carboxylic acids is 1. The van der Waals surface area contributed by atoms with E-state index in [9.17, 15) is 13.6 Å². The normalized spacial score (nSPS) is 12.2. The summed E-state index contributed by atoms with van der Waals surface area (Å²) in [5, 5.41) is 11.5. The summed E-state index contributed by atoms with van der Waals surface area (Å²) < 4.78 is 25.4. The van der Waals surface area contributed by atoms with Crippen LogP contribution in [-0.2, 0) is 4.79 Å². The van der Waals surface area contributed by atoms with Gasteiger partial charge in [-0.2, -0.15) is 0 Å². The number of hydrogen-bond donors (Lipinski definition) is 2. The molecule has 0 saturated carbocycles. The highest BCUT2D eigenvalue weighted by Crippen LogP contribution is 2.13. The molecule has 5 heteroatoms. The van der Waals surface area contributed by atoms with Gasteiger partial charge in [0.2, 0.25) is 0 Å². The molecule has 1 atom stereocenters. The van der Waals surface area contributed by atoms with Gasteiger partial charge >= 0.3 is 5.97 Å². The van der Waals surface area contributed by atoms with Gasteiger partial charge in [-0.25, -0.2) is 8.78 Å². The average molecular weight is 229 g/mol. The maximum atomic E-state index is 12.8. The van der Waals surface area contributed by atoms with E-state index in [0.29, 0.717) is 18.7 Å². The Bertz CT molecular complexity index is 382. The minimum absolute atomic E-state index is 0.401. The second-order valence-corrected chi connectivity index (χ2v) is 3.58. The summed E-state index contributed by atoms with van der Waals surface area (Å²) in [5.74, 6) is -3.15. The van der Waals surface area contributed by atoms with Crippen molar-refractivity contribution in [2.75, 3.05) is 11.9 Å². The molecule has 3 nitrogen and oxygen atoms in total. The van der Waals surface area contributed by atoms with Gasteiger partial charge in [0.25, 0.3) is 0 Å². The van der Waals surface area contributed by atoms with E-state index in [-0.39, 0.29) is 0 Å². The molecule has 0 heterocycles. The highest BCUT2D eigenvalue weighted by Gasteiger charge is 2.10. The maximum Gasteiger partial charge on any atom is 0.306 e. The molecule has 0 radical (unpaired) electrons. The summed E-state index contributed by atoms with van der Waals surface area (Å²) in [6, 6.07) is 3.48. The van der Waals surface area contributed by atoms with E-state index >= 15 is 0 Å². The van der Waals surface area contributed by atoms with E-state index in [4.69, 9.17) is 5.11 Å². The van der Waals surface area contributed by atoms with E-state index < -0.39 is 23.5 Å². The number of rotatable bonds is 5. The maximum absolute atomic E-state index is 12.8. The molecule has 0 amide bonds. The number of aliphatic carboxylic acids is 1. The summed E-state index contributed by atoms with van der Waals surface area (Å²) in [6.45, 7) is 1.99. The third kappa shape index (κ3) is 3.49. The van der Waals surface area contributed by atoms with E-state index in [2.05, 4.69) is 5.32 Å². The smallest absolute Gasteiger partial charge is 0.306 e. The molecule has 0 fully saturated rings. The van der Waals surface area contributed by atoms with Crippen molar-refractivity contribution in [1.29, 1.82) is 0 Å². The lowest BCUT2D eigenvalue weighted by atomic mass is 10.1. The minimum atomic E-state index is -0.920. The molecule has 0 spiro atoms. The lowest BCUT2D eigenvalue weighted by Crippen LogP contribution is -2.14. The van der Waals surface area contributed by atoms with E-state index in [1.807, 2.05) is 0 Å². The number of carbonyl (C=O) groups is 1. The van der Waals surface area contributed by atoms with Crippen molar-refractivity contribution >= 4 is 11.7 Å². The Hall–Kier alpha value is -1.65. The molecule has 0 aliphatic rings. The Morgan fingerprint density at radius 1 is 1.44 bits per heavy atom. The first kappa shape index (κ1) is 12.4. The van der Waals surface area contributed by atoms with E-state index in [0.717, 1.165) is 12.1 Å². The van der Waals surface area contributed by atoms with Gasteiger partial charge in [-0.15, -0.1) is 0 Å². The molecule has 1 aromatic rings. The van der Waals surface area contributed by atoms with Crippen LogP contribution in [0.25, 0.3) is 0 Å². The molecule has 0 aromatic heterocycles. The second-order valence-electron chi connectivity index (χ2n) is 3.58. The van der Waals surface area contributed by atoms with Gasteiger partial charge in [-0.1, -0.05) is 6.92 Å². The highest BCUT2D eigenvalue weighted by atomic mass is 19.2. The van der Waals surface area contributed by atoms with Crippen molar-refractivity contribution in [1.82, 2.24) is 0 Å². The van der Waals surface area contributed by atoms with Crippen LogP contribution in [0.5, 0.6) is 0 Å². The minimum Gasteiger partial charge on any atom is -0.481 e. The van der Waals surface area contributed by atoms with Gasteiger partial charge in [0.05, 0.1) is 5.92 Å².